The van der Waals surface area contributed by atoms with E-state index in [9.17, 15) is 0 Å². The Bertz CT molecular complexity index is 206. The van der Waals surface area contributed by atoms with E-state index in [0.717, 1.165) is 10.9 Å². The molecular weight excluding hydrogens is 134 g/mol. The van der Waals surface area contributed by atoms with Crippen molar-refractivity contribution < 1.29 is 0 Å². The smallest absolute Gasteiger partial charge is 0.138 e. The lowest BCUT2D eigenvalue weighted by atomic mass is 10.8. The van der Waals surface area contributed by atoms with Crippen LogP contribution in [-0.2, 0) is 0 Å². The van der Waals surface area contributed by atoms with Crippen molar-refractivity contribution in [3.05, 3.63) is 5.82 Å². The van der Waals surface area contributed by atoms with Gasteiger partial charge in [-0.15, -0.1) is 11.8 Å². The largest absolute Gasteiger partial charge is 0.383 e. The van der Waals surface area contributed by atoms with Crippen molar-refractivity contribution in [2.24, 2.45) is 0 Å². The number of aryl methyl sites for hydroxylation is 1. The van der Waals surface area contributed by atoms with Crippen LogP contribution in [0.25, 0.3) is 0 Å². The number of anilines is 1. The number of thioether (sulfide) groups is 1. The lowest BCUT2D eigenvalue weighted by Crippen LogP contribution is -1.85. The molecule has 0 aliphatic carbocycles. The predicted octanol–water partition coefficient (Wildman–Crippen LogP) is 1.02. The van der Waals surface area contributed by atoms with E-state index >= 15 is 0 Å². The molecule has 0 spiro atoms. The van der Waals surface area contributed by atoms with E-state index in [0.29, 0.717) is 5.82 Å². The summed E-state index contributed by atoms with van der Waals surface area (Å²) in [5.41, 5.74) is 5.51. The van der Waals surface area contributed by atoms with Gasteiger partial charge in [-0.1, -0.05) is 0 Å². The molecule has 0 aromatic carbocycles. The lowest BCUT2D eigenvalue weighted by molar-refractivity contribution is 1.10. The molecule has 1 aromatic rings. The first kappa shape index (κ1) is 6.48. The molecule has 3 nitrogen and oxygen atoms in total. The number of nitrogen functional groups attached to an aromatic ring is 1. The van der Waals surface area contributed by atoms with E-state index in [-0.39, 0.29) is 0 Å². The van der Waals surface area contributed by atoms with E-state index in [2.05, 4.69) is 9.97 Å². The second-order valence-corrected chi connectivity index (χ2v) is 2.54. The molecule has 0 bridgehead atoms. The molecule has 3 N–H and O–H groups in total. The minimum atomic E-state index is 0.667. The van der Waals surface area contributed by atoms with Gasteiger partial charge in [-0.25, -0.2) is 4.98 Å². The van der Waals surface area contributed by atoms with Crippen molar-refractivity contribution in [3.8, 4) is 0 Å². The first-order valence-corrected chi connectivity index (χ1v) is 3.82. The first-order valence-electron chi connectivity index (χ1n) is 2.60. The summed E-state index contributed by atoms with van der Waals surface area (Å²) >= 11 is 1.55. The zero-order chi connectivity index (χ0) is 6.85. The molecule has 0 amide bonds. The Kier molecular flexibility index (Phi) is 1.66. The number of hydrogen-bond donors (Lipinski definition) is 2. The fraction of sp³-hybridized carbons (Fsp3) is 0.400. The van der Waals surface area contributed by atoms with Crippen LogP contribution < -0.4 is 5.73 Å². The zero-order valence-electron chi connectivity index (χ0n) is 5.43. The number of imidazole rings is 1. The van der Waals surface area contributed by atoms with Crippen LogP contribution in [-0.4, -0.2) is 16.2 Å². The van der Waals surface area contributed by atoms with Gasteiger partial charge in [0.25, 0.3) is 0 Å². The molecule has 1 rings (SSSR count). The molecule has 1 heterocycles. The maximum Gasteiger partial charge on any atom is 0.138 e. The summed E-state index contributed by atoms with van der Waals surface area (Å²) in [4.78, 5) is 7.02. The normalized spacial score (nSPS) is 10.0. The number of aromatic nitrogens is 2. The monoisotopic (exact) mass is 143 g/mol. The molecule has 0 saturated carbocycles. The average molecular weight is 143 g/mol. The molecule has 4 heteroatoms. The van der Waals surface area contributed by atoms with Crippen molar-refractivity contribution in [2.75, 3.05) is 12.0 Å². The minimum absolute atomic E-state index is 0.667. The van der Waals surface area contributed by atoms with Gasteiger partial charge in [0.05, 0.1) is 0 Å². The number of nitrogens with two attached hydrogens (primary N) is 1. The molecule has 1 aromatic heterocycles. The van der Waals surface area contributed by atoms with Crippen molar-refractivity contribution >= 4 is 17.6 Å². The number of nitrogens with one attached hydrogen (secondary N) is 1. The van der Waals surface area contributed by atoms with E-state index in [1.807, 2.05) is 13.2 Å². The zero-order valence-corrected chi connectivity index (χ0v) is 6.25. The van der Waals surface area contributed by atoms with Crippen molar-refractivity contribution in [2.45, 2.75) is 11.9 Å². The Morgan fingerprint density at radius 3 is 2.56 bits per heavy atom. The molecular formula is C5H9N3S. The summed E-state index contributed by atoms with van der Waals surface area (Å²) in [5.74, 6) is 1.54. The van der Waals surface area contributed by atoms with Gasteiger partial charge in [0.15, 0.2) is 0 Å². The van der Waals surface area contributed by atoms with Crippen LogP contribution in [0.1, 0.15) is 5.82 Å². The van der Waals surface area contributed by atoms with Crippen LogP contribution in [0, 0.1) is 6.92 Å². The Labute approximate surface area is 58.1 Å². The molecule has 0 atom stereocenters. The van der Waals surface area contributed by atoms with Crippen LogP contribution in [0.5, 0.6) is 0 Å². The molecule has 0 radical (unpaired) electrons. The number of hydrogen-bond acceptors (Lipinski definition) is 3. The van der Waals surface area contributed by atoms with E-state index in [4.69, 9.17) is 5.73 Å². The van der Waals surface area contributed by atoms with Gasteiger partial charge in [-0.2, -0.15) is 0 Å². The Morgan fingerprint density at radius 1 is 1.67 bits per heavy atom. The highest BCUT2D eigenvalue weighted by molar-refractivity contribution is 7.98. The van der Waals surface area contributed by atoms with Crippen LogP contribution in [0.2, 0.25) is 0 Å². The third-order valence-electron chi connectivity index (χ3n) is 1.01. The SMILES string of the molecule is CSc1nc(C)[nH]c1N. The standard InChI is InChI=1S/C5H9N3S/c1-3-7-4(6)5(8-3)9-2/h6H2,1-2H3,(H,7,8). The highest BCUT2D eigenvalue weighted by Gasteiger charge is 2.00. The molecule has 0 saturated heterocycles. The fourth-order valence-corrected chi connectivity index (χ4v) is 1.14. The summed E-state index contributed by atoms with van der Waals surface area (Å²) in [6.45, 7) is 1.88. The van der Waals surface area contributed by atoms with Crippen molar-refractivity contribution in [1.29, 1.82) is 0 Å². The van der Waals surface area contributed by atoms with Gasteiger partial charge >= 0.3 is 0 Å². The van der Waals surface area contributed by atoms with Crippen LogP contribution in [0.4, 0.5) is 5.82 Å². The molecule has 0 aliphatic heterocycles. The molecule has 9 heavy (non-hydrogen) atoms. The molecule has 50 valence electrons. The number of nitrogens with zero attached hydrogens (tertiary/aromatic N) is 1. The van der Waals surface area contributed by atoms with Gasteiger partial charge < -0.3 is 10.7 Å². The number of aromatic amines is 1. The van der Waals surface area contributed by atoms with Crippen molar-refractivity contribution in [3.63, 3.8) is 0 Å². The average Bonchev–Trinajstić information content (AvgIpc) is 2.10. The van der Waals surface area contributed by atoms with Gasteiger partial charge in [0, 0.05) is 0 Å². The fourth-order valence-electron chi connectivity index (χ4n) is 0.644. The third-order valence-corrected chi connectivity index (χ3v) is 1.71. The van der Waals surface area contributed by atoms with E-state index < -0.39 is 0 Å². The first-order chi connectivity index (χ1) is 4.24. The Morgan fingerprint density at radius 2 is 2.33 bits per heavy atom. The van der Waals surface area contributed by atoms with Gasteiger partial charge in [-0.3, -0.25) is 0 Å². The Hall–Kier alpha value is -0.640. The highest BCUT2D eigenvalue weighted by atomic mass is 32.2. The number of rotatable bonds is 1. The maximum atomic E-state index is 5.51. The number of H-pyrrole nitrogens is 1. The summed E-state index contributed by atoms with van der Waals surface area (Å²) in [6, 6.07) is 0. The predicted molar refractivity (Wildman–Crippen MR) is 39.5 cm³/mol. The topological polar surface area (TPSA) is 54.7 Å². The maximum absolute atomic E-state index is 5.51. The second-order valence-electron chi connectivity index (χ2n) is 1.75. The quantitative estimate of drug-likeness (QED) is 0.577. The summed E-state index contributed by atoms with van der Waals surface area (Å²) in [7, 11) is 0. The van der Waals surface area contributed by atoms with Gasteiger partial charge in [-0.05, 0) is 13.2 Å². The molecule has 0 fully saturated rings. The summed E-state index contributed by atoms with van der Waals surface area (Å²) in [5, 5.41) is 0.882. The minimum Gasteiger partial charge on any atom is -0.383 e. The summed E-state index contributed by atoms with van der Waals surface area (Å²) in [6.07, 6.45) is 1.95. The van der Waals surface area contributed by atoms with E-state index in [1.54, 1.807) is 11.8 Å². The Balaban J connectivity index is 3.01. The van der Waals surface area contributed by atoms with Gasteiger partial charge in [0.2, 0.25) is 0 Å². The second kappa shape index (κ2) is 2.31. The molecule has 0 unspecified atom stereocenters. The van der Waals surface area contributed by atoms with Crippen molar-refractivity contribution in [1.82, 2.24) is 9.97 Å². The van der Waals surface area contributed by atoms with Crippen LogP contribution >= 0.6 is 11.8 Å². The highest BCUT2D eigenvalue weighted by Crippen LogP contribution is 2.18. The lowest BCUT2D eigenvalue weighted by Gasteiger charge is -1.86. The summed E-state index contributed by atoms with van der Waals surface area (Å²) < 4.78 is 0. The van der Waals surface area contributed by atoms with Crippen LogP contribution in [0.3, 0.4) is 0 Å². The van der Waals surface area contributed by atoms with Crippen LogP contribution in [0.15, 0.2) is 5.03 Å². The van der Waals surface area contributed by atoms with Gasteiger partial charge in [0.1, 0.15) is 16.7 Å². The molecule has 0 aliphatic rings. The third kappa shape index (κ3) is 1.18. The van der Waals surface area contributed by atoms with E-state index in [1.165, 1.54) is 0 Å².